The number of rotatable bonds is 4. The Morgan fingerprint density at radius 3 is 2.60 bits per heavy atom. The van der Waals surface area contributed by atoms with E-state index in [4.69, 9.17) is 9.84 Å². The SMILES string of the molecule is CC(C)[C@@H](CC(=O)O)C(=O)N1C(=O)O[C@@H]2CCCC[C@H]21. The third kappa shape index (κ3) is 2.78. The van der Waals surface area contributed by atoms with Crippen LogP contribution in [0.5, 0.6) is 0 Å². The Morgan fingerprint density at radius 1 is 1.35 bits per heavy atom. The van der Waals surface area contributed by atoms with E-state index in [1.165, 1.54) is 4.90 Å². The smallest absolute Gasteiger partial charge is 0.417 e. The van der Waals surface area contributed by atoms with Crippen LogP contribution in [-0.2, 0) is 14.3 Å². The maximum atomic E-state index is 12.5. The minimum Gasteiger partial charge on any atom is -0.481 e. The molecule has 6 heteroatoms. The molecule has 3 atom stereocenters. The van der Waals surface area contributed by atoms with E-state index in [0.717, 1.165) is 25.7 Å². The Bertz CT molecular complexity index is 420. The molecule has 1 saturated heterocycles. The highest BCUT2D eigenvalue weighted by atomic mass is 16.6. The molecule has 1 heterocycles. The predicted octanol–water partition coefficient (Wildman–Crippen LogP) is 2.02. The number of ether oxygens (including phenoxy) is 1. The average Bonchev–Trinajstić information content (AvgIpc) is 2.70. The van der Waals surface area contributed by atoms with E-state index >= 15 is 0 Å². The van der Waals surface area contributed by atoms with Gasteiger partial charge in [-0.1, -0.05) is 20.3 Å². The number of carbonyl (C=O) groups is 3. The highest BCUT2D eigenvalue weighted by Gasteiger charge is 2.48. The van der Waals surface area contributed by atoms with E-state index < -0.39 is 23.9 Å². The van der Waals surface area contributed by atoms with Gasteiger partial charge in [-0.2, -0.15) is 0 Å². The second-order valence-electron chi connectivity index (χ2n) is 5.93. The molecule has 0 spiro atoms. The summed E-state index contributed by atoms with van der Waals surface area (Å²) >= 11 is 0. The van der Waals surface area contributed by atoms with Crippen LogP contribution in [0.4, 0.5) is 4.79 Å². The van der Waals surface area contributed by atoms with Crippen molar-refractivity contribution in [3.05, 3.63) is 0 Å². The van der Waals surface area contributed by atoms with Crippen molar-refractivity contribution in [3.63, 3.8) is 0 Å². The van der Waals surface area contributed by atoms with Crippen molar-refractivity contribution < 1.29 is 24.2 Å². The lowest BCUT2D eigenvalue weighted by molar-refractivity contribution is -0.145. The van der Waals surface area contributed by atoms with E-state index in [1.807, 2.05) is 0 Å². The molecule has 2 rings (SSSR count). The molecule has 20 heavy (non-hydrogen) atoms. The number of nitrogens with zero attached hydrogens (tertiary/aromatic N) is 1. The first-order valence-electron chi connectivity index (χ1n) is 7.17. The van der Waals surface area contributed by atoms with Gasteiger partial charge in [0.25, 0.3) is 0 Å². The summed E-state index contributed by atoms with van der Waals surface area (Å²) in [6.07, 6.45) is 2.43. The lowest BCUT2D eigenvalue weighted by Crippen LogP contribution is -2.46. The van der Waals surface area contributed by atoms with E-state index in [9.17, 15) is 14.4 Å². The molecule has 2 aliphatic rings. The van der Waals surface area contributed by atoms with Crippen molar-refractivity contribution >= 4 is 18.0 Å². The Labute approximate surface area is 118 Å². The van der Waals surface area contributed by atoms with Crippen molar-refractivity contribution in [2.45, 2.75) is 58.1 Å². The predicted molar refractivity (Wildman–Crippen MR) is 70.0 cm³/mol. The molecule has 1 aliphatic carbocycles. The summed E-state index contributed by atoms with van der Waals surface area (Å²) in [5, 5.41) is 8.94. The summed E-state index contributed by atoms with van der Waals surface area (Å²) in [7, 11) is 0. The maximum Gasteiger partial charge on any atom is 0.417 e. The van der Waals surface area contributed by atoms with E-state index in [1.54, 1.807) is 13.8 Å². The van der Waals surface area contributed by atoms with Gasteiger partial charge in [0.05, 0.1) is 18.4 Å². The molecule has 0 aromatic heterocycles. The lowest BCUT2D eigenvalue weighted by Gasteiger charge is -2.29. The van der Waals surface area contributed by atoms with Gasteiger partial charge in [-0.3, -0.25) is 9.59 Å². The molecule has 0 radical (unpaired) electrons. The average molecular weight is 283 g/mol. The summed E-state index contributed by atoms with van der Waals surface area (Å²) < 4.78 is 5.25. The molecule has 2 fully saturated rings. The number of imide groups is 1. The van der Waals surface area contributed by atoms with E-state index in [0.29, 0.717) is 0 Å². The first kappa shape index (κ1) is 14.8. The lowest BCUT2D eigenvalue weighted by atomic mass is 9.88. The fraction of sp³-hybridized carbons (Fsp3) is 0.786. The summed E-state index contributed by atoms with van der Waals surface area (Å²) in [6, 6.07) is -0.209. The zero-order chi connectivity index (χ0) is 14.9. The van der Waals surface area contributed by atoms with Gasteiger partial charge in [-0.15, -0.1) is 0 Å². The zero-order valence-electron chi connectivity index (χ0n) is 11.9. The van der Waals surface area contributed by atoms with Gasteiger partial charge in [0, 0.05) is 0 Å². The van der Waals surface area contributed by atoms with E-state index in [-0.39, 0.29) is 24.5 Å². The van der Waals surface area contributed by atoms with Crippen molar-refractivity contribution in [1.82, 2.24) is 4.90 Å². The molecule has 0 bridgehead atoms. The van der Waals surface area contributed by atoms with Crippen molar-refractivity contribution in [2.75, 3.05) is 0 Å². The number of aliphatic carboxylic acids is 1. The molecule has 1 saturated carbocycles. The van der Waals surface area contributed by atoms with Crippen LogP contribution in [-0.4, -0.2) is 40.1 Å². The molecule has 0 aromatic carbocycles. The van der Waals surface area contributed by atoms with Crippen molar-refractivity contribution in [1.29, 1.82) is 0 Å². The van der Waals surface area contributed by atoms with Crippen molar-refractivity contribution in [2.24, 2.45) is 11.8 Å². The van der Waals surface area contributed by atoms with Crippen LogP contribution in [0, 0.1) is 11.8 Å². The highest BCUT2D eigenvalue weighted by Crippen LogP contribution is 2.34. The molecule has 1 aliphatic heterocycles. The molecule has 2 amide bonds. The second kappa shape index (κ2) is 5.81. The fourth-order valence-corrected chi connectivity index (χ4v) is 3.06. The number of hydrogen-bond acceptors (Lipinski definition) is 4. The molecular formula is C14H21NO5. The molecular weight excluding hydrogens is 262 g/mol. The second-order valence-corrected chi connectivity index (χ2v) is 5.93. The van der Waals surface area contributed by atoms with Gasteiger partial charge in [0.2, 0.25) is 5.91 Å². The van der Waals surface area contributed by atoms with Gasteiger partial charge in [-0.25, -0.2) is 9.69 Å². The Kier molecular flexibility index (Phi) is 4.30. The van der Waals surface area contributed by atoms with Crippen LogP contribution in [0.25, 0.3) is 0 Å². The standard InChI is InChI=1S/C14H21NO5/c1-8(2)9(7-12(16)17)13(18)15-10-5-3-4-6-11(10)20-14(15)19/h8-11H,3-7H2,1-2H3,(H,16,17)/t9-,10-,11-/m1/s1. The van der Waals surface area contributed by atoms with Gasteiger partial charge in [0.1, 0.15) is 6.10 Å². The van der Waals surface area contributed by atoms with Gasteiger partial charge in [-0.05, 0) is 25.2 Å². The van der Waals surface area contributed by atoms with Gasteiger partial charge < -0.3 is 9.84 Å². The van der Waals surface area contributed by atoms with Crippen LogP contribution >= 0.6 is 0 Å². The van der Waals surface area contributed by atoms with Crippen LogP contribution in [0.1, 0.15) is 46.0 Å². The third-order valence-corrected chi connectivity index (χ3v) is 4.20. The largest absolute Gasteiger partial charge is 0.481 e. The Balaban J connectivity index is 2.17. The minimum atomic E-state index is -1.02. The number of amides is 2. The number of hydrogen-bond donors (Lipinski definition) is 1. The van der Waals surface area contributed by atoms with Gasteiger partial charge in [0.15, 0.2) is 0 Å². The maximum absolute atomic E-state index is 12.5. The molecule has 6 nitrogen and oxygen atoms in total. The number of carboxylic acids is 1. The zero-order valence-corrected chi connectivity index (χ0v) is 11.9. The van der Waals surface area contributed by atoms with Gasteiger partial charge >= 0.3 is 12.1 Å². The number of carboxylic acid groups (broad SMARTS) is 1. The fourth-order valence-electron chi connectivity index (χ4n) is 3.06. The molecule has 1 N–H and O–H groups in total. The first-order valence-corrected chi connectivity index (χ1v) is 7.17. The molecule has 0 unspecified atom stereocenters. The number of carbonyl (C=O) groups excluding carboxylic acids is 2. The summed E-state index contributed by atoms with van der Waals surface area (Å²) in [5.74, 6) is -2.23. The first-order chi connectivity index (χ1) is 9.41. The van der Waals surface area contributed by atoms with E-state index in [2.05, 4.69) is 0 Å². The summed E-state index contributed by atoms with van der Waals surface area (Å²) in [4.78, 5) is 36.6. The highest BCUT2D eigenvalue weighted by molar-refractivity contribution is 5.96. The van der Waals surface area contributed by atoms with Crippen LogP contribution in [0.3, 0.4) is 0 Å². The summed E-state index contributed by atoms with van der Waals surface area (Å²) in [5.41, 5.74) is 0. The minimum absolute atomic E-state index is 0.131. The summed E-state index contributed by atoms with van der Waals surface area (Å²) in [6.45, 7) is 3.59. The Morgan fingerprint density at radius 2 is 2.00 bits per heavy atom. The third-order valence-electron chi connectivity index (χ3n) is 4.20. The van der Waals surface area contributed by atoms with Crippen LogP contribution < -0.4 is 0 Å². The molecule has 112 valence electrons. The topological polar surface area (TPSA) is 83.9 Å². The van der Waals surface area contributed by atoms with Crippen LogP contribution in [0.15, 0.2) is 0 Å². The van der Waals surface area contributed by atoms with Crippen molar-refractivity contribution in [3.8, 4) is 0 Å². The number of fused-ring (bicyclic) bond motifs is 1. The Hall–Kier alpha value is -1.59. The molecule has 0 aromatic rings. The normalized spacial score (nSPS) is 27.1. The quantitative estimate of drug-likeness (QED) is 0.853. The monoisotopic (exact) mass is 283 g/mol. The van der Waals surface area contributed by atoms with Crippen LogP contribution in [0.2, 0.25) is 0 Å².